The SMILES string of the molecule is CCCCC(CC)C(=O)NCCC1CCNC1.Cl. The van der Waals surface area contributed by atoms with Crippen molar-refractivity contribution in [3.05, 3.63) is 0 Å². The summed E-state index contributed by atoms with van der Waals surface area (Å²) in [5, 5.41) is 6.46. The van der Waals surface area contributed by atoms with Gasteiger partial charge in [-0.1, -0.05) is 26.7 Å². The van der Waals surface area contributed by atoms with Crippen LogP contribution in [0.4, 0.5) is 0 Å². The zero-order valence-corrected chi connectivity index (χ0v) is 12.7. The Balaban J connectivity index is 0.00000289. The van der Waals surface area contributed by atoms with Crippen molar-refractivity contribution in [2.45, 2.75) is 52.4 Å². The van der Waals surface area contributed by atoms with Crippen LogP contribution in [0.3, 0.4) is 0 Å². The first-order chi connectivity index (χ1) is 8.27. The second-order valence-corrected chi connectivity index (χ2v) is 5.19. The van der Waals surface area contributed by atoms with E-state index in [2.05, 4.69) is 24.5 Å². The molecule has 0 saturated carbocycles. The van der Waals surface area contributed by atoms with Gasteiger partial charge in [-0.15, -0.1) is 12.4 Å². The van der Waals surface area contributed by atoms with Gasteiger partial charge < -0.3 is 10.6 Å². The van der Waals surface area contributed by atoms with Crippen LogP contribution in [0, 0.1) is 11.8 Å². The van der Waals surface area contributed by atoms with Crippen molar-refractivity contribution < 1.29 is 4.79 Å². The van der Waals surface area contributed by atoms with E-state index in [0.29, 0.717) is 0 Å². The fraction of sp³-hybridized carbons (Fsp3) is 0.929. The predicted molar refractivity (Wildman–Crippen MR) is 79.2 cm³/mol. The highest BCUT2D eigenvalue weighted by atomic mass is 35.5. The Morgan fingerprint density at radius 3 is 2.78 bits per heavy atom. The van der Waals surface area contributed by atoms with Crippen LogP contribution in [0.25, 0.3) is 0 Å². The highest BCUT2D eigenvalue weighted by Crippen LogP contribution is 2.14. The Bertz CT molecular complexity index is 218. The van der Waals surface area contributed by atoms with Gasteiger partial charge in [-0.05, 0) is 44.7 Å². The lowest BCUT2D eigenvalue weighted by atomic mass is 9.98. The molecule has 2 N–H and O–H groups in total. The third-order valence-corrected chi connectivity index (χ3v) is 3.78. The number of hydrogen-bond donors (Lipinski definition) is 2. The summed E-state index contributed by atoms with van der Waals surface area (Å²) in [7, 11) is 0. The van der Waals surface area contributed by atoms with Crippen LogP contribution in [-0.4, -0.2) is 25.5 Å². The summed E-state index contributed by atoms with van der Waals surface area (Å²) >= 11 is 0. The van der Waals surface area contributed by atoms with Crippen molar-refractivity contribution in [2.75, 3.05) is 19.6 Å². The predicted octanol–water partition coefficient (Wildman–Crippen LogP) is 2.74. The third-order valence-electron chi connectivity index (χ3n) is 3.78. The number of halogens is 1. The molecule has 0 bridgehead atoms. The zero-order valence-electron chi connectivity index (χ0n) is 11.8. The molecular weight excluding hydrogens is 248 g/mol. The van der Waals surface area contributed by atoms with Gasteiger partial charge in [-0.25, -0.2) is 0 Å². The molecule has 1 fully saturated rings. The molecule has 0 aromatic carbocycles. The van der Waals surface area contributed by atoms with Crippen LogP contribution in [0.5, 0.6) is 0 Å². The van der Waals surface area contributed by atoms with E-state index in [1.54, 1.807) is 0 Å². The number of rotatable bonds is 8. The van der Waals surface area contributed by atoms with E-state index >= 15 is 0 Å². The summed E-state index contributed by atoms with van der Waals surface area (Å²) in [5.41, 5.74) is 0. The normalized spacial score (nSPS) is 20.2. The molecule has 1 saturated heterocycles. The van der Waals surface area contributed by atoms with Gasteiger partial charge in [0.05, 0.1) is 0 Å². The topological polar surface area (TPSA) is 41.1 Å². The number of nitrogens with one attached hydrogen (secondary N) is 2. The lowest BCUT2D eigenvalue weighted by Crippen LogP contribution is -2.32. The molecule has 1 aliphatic heterocycles. The Labute approximate surface area is 118 Å². The summed E-state index contributed by atoms with van der Waals surface area (Å²) in [5.74, 6) is 1.27. The van der Waals surface area contributed by atoms with E-state index in [4.69, 9.17) is 0 Å². The first-order valence-electron chi connectivity index (χ1n) is 7.26. The Morgan fingerprint density at radius 1 is 1.44 bits per heavy atom. The molecule has 2 atom stereocenters. The van der Waals surface area contributed by atoms with Crippen molar-refractivity contribution in [1.29, 1.82) is 0 Å². The average Bonchev–Trinajstić information content (AvgIpc) is 2.83. The second-order valence-electron chi connectivity index (χ2n) is 5.19. The first kappa shape index (κ1) is 17.7. The lowest BCUT2D eigenvalue weighted by Gasteiger charge is -2.15. The molecule has 1 heterocycles. The average molecular weight is 277 g/mol. The van der Waals surface area contributed by atoms with E-state index in [9.17, 15) is 4.79 Å². The minimum atomic E-state index is 0. The maximum atomic E-state index is 11.9. The molecule has 1 aliphatic rings. The van der Waals surface area contributed by atoms with E-state index in [0.717, 1.165) is 44.8 Å². The van der Waals surface area contributed by atoms with Crippen LogP contribution < -0.4 is 10.6 Å². The van der Waals surface area contributed by atoms with Gasteiger partial charge in [0.15, 0.2) is 0 Å². The molecule has 0 aromatic heterocycles. The number of carbonyl (C=O) groups is 1. The van der Waals surface area contributed by atoms with Crippen molar-refractivity contribution in [2.24, 2.45) is 11.8 Å². The van der Waals surface area contributed by atoms with Gasteiger partial charge in [0.2, 0.25) is 5.91 Å². The Morgan fingerprint density at radius 2 is 2.22 bits per heavy atom. The monoisotopic (exact) mass is 276 g/mol. The first-order valence-corrected chi connectivity index (χ1v) is 7.26. The maximum Gasteiger partial charge on any atom is 0.223 e. The molecular formula is C14H29ClN2O. The number of unbranched alkanes of at least 4 members (excludes halogenated alkanes) is 1. The van der Waals surface area contributed by atoms with Gasteiger partial charge >= 0.3 is 0 Å². The number of amides is 1. The molecule has 3 nitrogen and oxygen atoms in total. The largest absolute Gasteiger partial charge is 0.356 e. The Kier molecular flexibility index (Phi) is 10.5. The maximum absolute atomic E-state index is 11.9. The zero-order chi connectivity index (χ0) is 12.5. The van der Waals surface area contributed by atoms with Crippen LogP contribution in [0.1, 0.15) is 52.4 Å². The van der Waals surface area contributed by atoms with Crippen molar-refractivity contribution >= 4 is 18.3 Å². The highest BCUT2D eigenvalue weighted by molar-refractivity contribution is 5.85. The van der Waals surface area contributed by atoms with Gasteiger partial charge in [0, 0.05) is 12.5 Å². The summed E-state index contributed by atoms with van der Waals surface area (Å²) in [6.07, 6.45) is 6.75. The quantitative estimate of drug-likeness (QED) is 0.716. The van der Waals surface area contributed by atoms with Crippen molar-refractivity contribution in [3.8, 4) is 0 Å². The molecule has 108 valence electrons. The molecule has 0 radical (unpaired) electrons. The summed E-state index contributed by atoms with van der Waals surface area (Å²) in [6.45, 7) is 7.42. The van der Waals surface area contributed by atoms with Crippen molar-refractivity contribution in [3.63, 3.8) is 0 Å². The Hall–Kier alpha value is -0.280. The third kappa shape index (κ3) is 6.60. The van der Waals surface area contributed by atoms with Crippen LogP contribution in [0.2, 0.25) is 0 Å². The molecule has 18 heavy (non-hydrogen) atoms. The van der Waals surface area contributed by atoms with Crippen LogP contribution in [-0.2, 0) is 4.79 Å². The highest BCUT2D eigenvalue weighted by Gasteiger charge is 2.17. The smallest absolute Gasteiger partial charge is 0.223 e. The van der Waals surface area contributed by atoms with E-state index in [-0.39, 0.29) is 24.2 Å². The standard InChI is InChI=1S/C14H28N2O.ClH/c1-3-5-6-13(4-2)14(17)16-10-8-12-7-9-15-11-12;/h12-13,15H,3-11H2,1-2H3,(H,16,17);1H. The molecule has 1 rings (SSSR count). The van der Waals surface area contributed by atoms with Gasteiger partial charge in [-0.3, -0.25) is 4.79 Å². The van der Waals surface area contributed by atoms with Gasteiger partial charge in [-0.2, -0.15) is 0 Å². The van der Waals surface area contributed by atoms with Gasteiger partial charge in [0.25, 0.3) is 0 Å². The van der Waals surface area contributed by atoms with Crippen LogP contribution in [0.15, 0.2) is 0 Å². The van der Waals surface area contributed by atoms with E-state index < -0.39 is 0 Å². The minimum Gasteiger partial charge on any atom is -0.356 e. The number of hydrogen-bond acceptors (Lipinski definition) is 2. The van der Waals surface area contributed by atoms with Crippen LogP contribution >= 0.6 is 12.4 Å². The molecule has 0 aliphatic carbocycles. The number of carbonyl (C=O) groups excluding carboxylic acids is 1. The molecule has 2 unspecified atom stereocenters. The fourth-order valence-corrected chi connectivity index (χ4v) is 2.48. The second kappa shape index (κ2) is 10.6. The van der Waals surface area contributed by atoms with E-state index in [1.165, 1.54) is 19.3 Å². The fourth-order valence-electron chi connectivity index (χ4n) is 2.48. The summed E-state index contributed by atoms with van der Waals surface area (Å²) in [6, 6.07) is 0. The summed E-state index contributed by atoms with van der Waals surface area (Å²) in [4.78, 5) is 11.9. The van der Waals surface area contributed by atoms with Crippen molar-refractivity contribution in [1.82, 2.24) is 10.6 Å². The molecule has 0 aromatic rings. The molecule has 1 amide bonds. The van der Waals surface area contributed by atoms with Gasteiger partial charge in [0.1, 0.15) is 0 Å². The summed E-state index contributed by atoms with van der Waals surface area (Å²) < 4.78 is 0. The minimum absolute atomic E-state index is 0. The molecule has 0 spiro atoms. The van der Waals surface area contributed by atoms with E-state index in [1.807, 2.05) is 0 Å². The molecule has 4 heteroatoms. The lowest BCUT2D eigenvalue weighted by molar-refractivity contribution is -0.125.